The molecule has 0 radical (unpaired) electrons. The van der Waals surface area contributed by atoms with Gasteiger partial charge in [-0.2, -0.15) is 0 Å². The van der Waals surface area contributed by atoms with Crippen molar-refractivity contribution >= 4 is 0 Å². The summed E-state index contributed by atoms with van der Waals surface area (Å²) in [6, 6.07) is 0. The van der Waals surface area contributed by atoms with E-state index in [2.05, 4.69) is 25.7 Å². The number of nitrogens with two attached hydrogens (primary N) is 1. The summed E-state index contributed by atoms with van der Waals surface area (Å²) in [4.78, 5) is 2.57. The first kappa shape index (κ1) is 8.52. The van der Waals surface area contributed by atoms with Crippen LogP contribution in [-0.2, 0) is 0 Å². The minimum absolute atomic E-state index is 0.252. The number of rotatable bonds is 0. The van der Waals surface area contributed by atoms with E-state index in [0.29, 0.717) is 5.54 Å². The summed E-state index contributed by atoms with van der Waals surface area (Å²) in [5.41, 5.74) is 6.72. The zero-order valence-electron chi connectivity index (χ0n) is 8.43. The Kier molecular flexibility index (Phi) is 1.59. The molecule has 1 saturated carbocycles. The quantitative estimate of drug-likeness (QED) is 0.589. The number of nitrogens with zero attached hydrogens (tertiary/aromatic N) is 1. The molecule has 2 nitrogen and oxygen atoms in total. The van der Waals surface area contributed by atoms with E-state index in [0.717, 1.165) is 5.92 Å². The molecule has 0 aromatic rings. The molecule has 2 fully saturated rings. The minimum atomic E-state index is 0.252. The van der Waals surface area contributed by atoms with Crippen molar-refractivity contribution in [3.63, 3.8) is 0 Å². The molecule has 1 aliphatic carbocycles. The molecule has 2 heteroatoms. The first-order valence-electron chi connectivity index (χ1n) is 4.96. The third kappa shape index (κ3) is 1.27. The van der Waals surface area contributed by atoms with Gasteiger partial charge in [0.15, 0.2) is 0 Å². The highest BCUT2D eigenvalue weighted by Crippen LogP contribution is 2.48. The third-order valence-electron chi connectivity index (χ3n) is 3.52. The molecule has 12 heavy (non-hydrogen) atoms. The molecule has 2 unspecified atom stereocenters. The molecule has 1 heterocycles. The number of fused-ring (bicyclic) bond motifs is 1. The minimum Gasteiger partial charge on any atom is -0.325 e. The Hall–Kier alpha value is -0.0800. The highest BCUT2D eigenvalue weighted by Gasteiger charge is 2.54. The Labute approximate surface area is 75.1 Å². The largest absolute Gasteiger partial charge is 0.325 e. The van der Waals surface area contributed by atoms with Crippen molar-refractivity contribution in [3.05, 3.63) is 0 Å². The van der Waals surface area contributed by atoms with Crippen LogP contribution in [0.25, 0.3) is 0 Å². The molecule has 0 amide bonds. The van der Waals surface area contributed by atoms with E-state index >= 15 is 0 Å². The summed E-state index contributed by atoms with van der Waals surface area (Å²) < 4.78 is 0. The number of hydrogen-bond acceptors (Lipinski definition) is 2. The van der Waals surface area contributed by atoms with E-state index in [1.807, 2.05) is 0 Å². The molecule has 2 aliphatic rings. The molecule has 0 aromatic heterocycles. The van der Waals surface area contributed by atoms with Crippen LogP contribution in [0.4, 0.5) is 0 Å². The lowest BCUT2D eigenvalue weighted by atomic mass is 9.99. The van der Waals surface area contributed by atoms with E-state index in [-0.39, 0.29) is 5.54 Å². The van der Waals surface area contributed by atoms with Crippen LogP contribution < -0.4 is 5.73 Å². The molecule has 70 valence electrons. The van der Waals surface area contributed by atoms with Gasteiger partial charge < -0.3 is 5.73 Å². The van der Waals surface area contributed by atoms with Gasteiger partial charge >= 0.3 is 0 Å². The normalized spacial score (nSPS) is 42.5. The van der Waals surface area contributed by atoms with Gasteiger partial charge in [-0.3, -0.25) is 4.90 Å². The lowest BCUT2D eigenvalue weighted by molar-refractivity contribution is 0.0996. The van der Waals surface area contributed by atoms with Crippen LogP contribution in [0.3, 0.4) is 0 Å². The lowest BCUT2D eigenvalue weighted by Gasteiger charge is -2.39. The monoisotopic (exact) mass is 168 g/mol. The topological polar surface area (TPSA) is 29.3 Å². The Balaban J connectivity index is 1.98. The van der Waals surface area contributed by atoms with Crippen LogP contribution in [-0.4, -0.2) is 29.1 Å². The van der Waals surface area contributed by atoms with Gasteiger partial charge in [0, 0.05) is 24.2 Å². The highest BCUT2D eigenvalue weighted by atomic mass is 15.2. The fourth-order valence-electron chi connectivity index (χ4n) is 2.26. The summed E-state index contributed by atoms with van der Waals surface area (Å²) in [5, 5.41) is 0. The maximum absolute atomic E-state index is 6.13. The molecule has 1 saturated heterocycles. The second-order valence-electron chi connectivity index (χ2n) is 5.50. The van der Waals surface area contributed by atoms with Crippen LogP contribution in [0.5, 0.6) is 0 Å². The van der Waals surface area contributed by atoms with E-state index in [1.54, 1.807) is 0 Å². The first-order chi connectivity index (χ1) is 5.42. The van der Waals surface area contributed by atoms with Crippen molar-refractivity contribution in [2.24, 2.45) is 11.7 Å². The second-order valence-corrected chi connectivity index (χ2v) is 5.50. The van der Waals surface area contributed by atoms with Gasteiger partial charge in [0.05, 0.1) is 0 Å². The van der Waals surface area contributed by atoms with E-state index in [4.69, 9.17) is 5.73 Å². The van der Waals surface area contributed by atoms with Crippen molar-refractivity contribution in [2.45, 2.75) is 44.7 Å². The van der Waals surface area contributed by atoms with Gasteiger partial charge in [0.1, 0.15) is 0 Å². The maximum atomic E-state index is 6.13. The molecular formula is C10H20N2. The SMILES string of the molecule is CC(C)(C)N1CCC2(N)CC2C1. The fraction of sp³-hybridized carbons (Fsp3) is 1.00. The summed E-state index contributed by atoms with van der Waals surface area (Å²) in [6.45, 7) is 9.28. The number of piperidine rings is 1. The maximum Gasteiger partial charge on any atom is 0.0211 e. The third-order valence-corrected chi connectivity index (χ3v) is 3.52. The molecular weight excluding hydrogens is 148 g/mol. The summed E-state index contributed by atoms with van der Waals surface area (Å²) in [7, 11) is 0. The zero-order valence-corrected chi connectivity index (χ0v) is 8.43. The van der Waals surface area contributed by atoms with Gasteiger partial charge in [0.2, 0.25) is 0 Å². The molecule has 1 aliphatic heterocycles. The van der Waals surface area contributed by atoms with Crippen molar-refractivity contribution in [1.29, 1.82) is 0 Å². The lowest BCUT2D eigenvalue weighted by Crippen LogP contribution is -2.49. The van der Waals surface area contributed by atoms with E-state index in [1.165, 1.54) is 25.9 Å². The van der Waals surface area contributed by atoms with Crippen LogP contribution in [0.1, 0.15) is 33.6 Å². The van der Waals surface area contributed by atoms with Gasteiger partial charge in [-0.25, -0.2) is 0 Å². The van der Waals surface area contributed by atoms with Crippen molar-refractivity contribution in [2.75, 3.05) is 13.1 Å². The standard InChI is InChI=1S/C10H20N2/c1-9(2,3)12-5-4-10(11)6-8(10)7-12/h8H,4-7,11H2,1-3H3. The smallest absolute Gasteiger partial charge is 0.0211 e. The Morgan fingerprint density at radius 3 is 2.58 bits per heavy atom. The van der Waals surface area contributed by atoms with Gasteiger partial charge in [0.25, 0.3) is 0 Å². The number of hydrogen-bond donors (Lipinski definition) is 1. The second kappa shape index (κ2) is 2.24. The Morgan fingerprint density at radius 1 is 1.42 bits per heavy atom. The van der Waals surface area contributed by atoms with Gasteiger partial charge in [-0.1, -0.05) is 0 Å². The molecule has 0 bridgehead atoms. The Bertz CT molecular complexity index is 195. The van der Waals surface area contributed by atoms with E-state index < -0.39 is 0 Å². The van der Waals surface area contributed by atoms with Gasteiger partial charge in [-0.15, -0.1) is 0 Å². The Morgan fingerprint density at radius 2 is 2.08 bits per heavy atom. The molecule has 2 atom stereocenters. The average Bonchev–Trinajstić information content (AvgIpc) is 2.56. The summed E-state index contributed by atoms with van der Waals surface area (Å²) >= 11 is 0. The molecule has 0 aromatic carbocycles. The van der Waals surface area contributed by atoms with Crippen LogP contribution in [0.15, 0.2) is 0 Å². The molecule has 0 spiro atoms. The molecule has 2 N–H and O–H groups in total. The van der Waals surface area contributed by atoms with Crippen molar-refractivity contribution in [1.82, 2.24) is 4.90 Å². The van der Waals surface area contributed by atoms with Crippen LogP contribution >= 0.6 is 0 Å². The predicted octanol–water partition coefficient (Wildman–Crippen LogP) is 1.21. The first-order valence-corrected chi connectivity index (χ1v) is 4.96. The van der Waals surface area contributed by atoms with E-state index in [9.17, 15) is 0 Å². The summed E-state index contributed by atoms with van der Waals surface area (Å²) in [5.74, 6) is 0.797. The fourth-order valence-corrected chi connectivity index (χ4v) is 2.26. The highest BCUT2D eigenvalue weighted by molar-refractivity contribution is 5.12. The average molecular weight is 168 g/mol. The van der Waals surface area contributed by atoms with Crippen LogP contribution in [0.2, 0.25) is 0 Å². The number of likely N-dealkylation sites (tertiary alicyclic amines) is 1. The summed E-state index contributed by atoms with van der Waals surface area (Å²) in [6.07, 6.45) is 2.47. The van der Waals surface area contributed by atoms with Crippen molar-refractivity contribution in [3.8, 4) is 0 Å². The predicted molar refractivity (Wildman–Crippen MR) is 51.0 cm³/mol. The van der Waals surface area contributed by atoms with Crippen molar-refractivity contribution < 1.29 is 0 Å². The van der Waals surface area contributed by atoms with Crippen LogP contribution in [0, 0.1) is 5.92 Å². The van der Waals surface area contributed by atoms with Gasteiger partial charge in [-0.05, 0) is 39.5 Å². The molecule has 2 rings (SSSR count). The zero-order chi connectivity index (χ0) is 8.98.